The molecule has 0 radical (unpaired) electrons. The van der Waals surface area contributed by atoms with Crippen molar-refractivity contribution in [1.82, 2.24) is 10.2 Å². The summed E-state index contributed by atoms with van der Waals surface area (Å²) >= 11 is 1.58. The van der Waals surface area contributed by atoms with Gasteiger partial charge in [0, 0.05) is 12.1 Å². The van der Waals surface area contributed by atoms with Gasteiger partial charge in [0.15, 0.2) is 11.5 Å². The largest absolute Gasteiger partial charge is 0.486 e. The second kappa shape index (κ2) is 5.44. The number of benzene rings is 1. The number of nitrogens with one attached hydrogen (secondary N) is 1. The SMILES string of the molecule is CCc1nnc(NCc2cccc3c2OCCO3)s1. The second-order valence-corrected chi connectivity index (χ2v) is 5.21. The normalized spacial score (nSPS) is 13.3. The Morgan fingerprint density at radius 2 is 2.16 bits per heavy atom. The molecular formula is C13H15N3O2S. The Morgan fingerprint density at radius 1 is 1.26 bits per heavy atom. The van der Waals surface area contributed by atoms with Gasteiger partial charge in [0.2, 0.25) is 5.13 Å². The van der Waals surface area contributed by atoms with Crippen molar-refractivity contribution in [2.45, 2.75) is 19.9 Å². The number of rotatable bonds is 4. The lowest BCUT2D eigenvalue weighted by Gasteiger charge is -2.20. The molecule has 0 unspecified atom stereocenters. The van der Waals surface area contributed by atoms with Gasteiger partial charge in [-0.1, -0.05) is 30.4 Å². The molecule has 19 heavy (non-hydrogen) atoms. The highest BCUT2D eigenvalue weighted by Crippen LogP contribution is 2.34. The van der Waals surface area contributed by atoms with Crippen molar-refractivity contribution >= 4 is 16.5 Å². The van der Waals surface area contributed by atoms with Crippen molar-refractivity contribution < 1.29 is 9.47 Å². The van der Waals surface area contributed by atoms with E-state index in [1.807, 2.05) is 18.2 Å². The third-order valence-corrected chi connectivity index (χ3v) is 3.87. The molecule has 1 aromatic carbocycles. The molecule has 1 aliphatic heterocycles. The maximum absolute atomic E-state index is 5.67. The third-order valence-electron chi connectivity index (χ3n) is 2.85. The number of fused-ring (bicyclic) bond motifs is 1. The van der Waals surface area contributed by atoms with E-state index in [4.69, 9.17) is 9.47 Å². The van der Waals surface area contributed by atoms with Gasteiger partial charge in [-0.15, -0.1) is 10.2 Å². The second-order valence-electron chi connectivity index (χ2n) is 4.15. The first-order valence-corrected chi connectivity index (χ1v) is 7.12. The van der Waals surface area contributed by atoms with E-state index in [1.165, 1.54) is 0 Å². The first-order chi connectivity index (χ1) is 9.36. The summed E-state index contributed by atoms with van der Waals surface area (Å²) in [5.74, 6) is 1.65. The quantitative estimate of drug-likeness (QED) is 0.930. The van der Waals surface area contributed by atoms with Crippen LogP contribution in [0.25, 0.3) is 0 Å². The fraction of sp³-hybridized carbons (Fsp3) is 0.385. The van der Waals surface area contributed by atoms with Crippen LogP contribution < -0.4 is 14.8 Å². The molecule has 3 rings (SSSR count). The van der Waals surface area contributed by atoms with E-state index in [2.05, 4.69) is 22.4 Å². The van der Waals surface area contributed by atoms with Gasteiger partial charge in [0.1, 0.15) is 18.2 Å². The molecule has 2 heterocycles. The molecule has 2 aromatic rings. The number of hydrogen-bond donors (Lipinski definition) is 1. The zero-order valence-electron chi connectivity index (χ0n) is 10.7. The summed E-state index contributed by atoms with van der Waals surface area (Å²) in [6.45, 7) is 3.94. The summed E-state index contributed by atoms with van der Waals surface area (Å²) in [5.41, 5.74) is 1.07. The number of nitrogens with zero attached hydrogens (tertiary/aromatic N) is 2. The van der Waals surface area contributed by atoms with Crippen LogP contribution in [0, 0.1) is 0 Å². The molecule has 100 valence electrons. The molecule has 0 bridgehead atoms. The van der Waals surface area contributed by atoms with Crippen LogP contribution in [0.4, 0.5) is 5.13 Å². The van der Waals surface area contributed by atoms with Crippen LogP contribution in [0.3, 0.4) is 0 Å². The predicted molar refractivity (Wildman–Crippen MR) is 74.0 cm³/mol. The van der Waals surface area contributed by atoms with E-state index in [1.54, 1.807) is 11.3 Å². The Labute approximate surface area is 115 Å². The van der Waals surface area contributed by atoms with Crippen molar-refractivity contribution in [3.63, 3.8) is 0 Å². The van der Waals surface area contributed by atoms with E-state index in [9.17, 15) is 0 Å². The molecule has 0 fully saturated rings. The van der Waals surface area contributed by atoms with Gasteiger partial charge < -0.3 is 14.8 Å². The Balaban J connectivity index is 1.73. The molecule has 0 saturated heterocycles. The van der Waals surface area contributed by atoms with Crippen LogP contribution in [0.5, 0.6) is 11.5 Å². The number of aryl methyl sites for hydroxylation is 1. The van der Waals surface area contributed by atoms with E-state index >= 15 is 0 Å². The summed E-state index contributed by atoms with van der Waals surface area (Å²) in [4.78, 5) is 0. The van der Waals surface area contributed by atoms with Gasteiger partial charge in [-0.25, -0.2) is 0 Å². The zero-order chi connectivity index (χ0) is 13.1. The summed E-state index contributed by atoms with van der Waals surface area (Å²) < 4.78 is 11.2. The van der Waals surface area contributed by atoms with Crippen LogP contribution >= 0.6 is 11.3 Å². The fourth-order valence-electron chi connectivity index (χ4n) is 1.91. The Bertz CT molecular complexity index is 571. The number of anilines is 1. The highest BCUT2D eigenvalue weighted by molar-refractivity contribution is 7.15. The van der Waals surface area contributed by atoms with Crippen LogP contribution in [0.2, 0.25) is 0 Å². The lowest BCUT2D eigenvalue weighted by molar-refractivity contribution is 0.170. The first-order valence-electron chi connectivity index (χ1n) is 6.30. The fourth-order valence-corrected chi connectivity index (χ4v) is 2.59. The Kier molecular flexibility index (Phi) is 3.50. The topological polar surface area (TPSA) is 56.3 Å². The molecule has 5 nitrogen and oxygen atoms in total. The first kappa shape index (κ1) is 12.2. The smallest absolute Gasteiger partial charge is 0.205 e. The minimum Gasteiger partial charge on any atom is -0.486 e. The third kappa shape index (κ3) is 2.63. The standard InChI is InChI=1S/C13H15N3O2S/c1-2-11-15-16-13(19-11)14-8-9-4-3-5-10-12(9)18-7-6-17-10/h3-5H,2,6-8H2,1H3,(H,14,16). The van der Waals surface area contributed by atoms with Crippen LogP contribution in [0.15, 0.2) is 18.2 Å². The molecular weight excluding hydrogens is 262 g/mol. The number of hydrogen-bond acceptors (Lipinski definition) is 6. The summed E-state index contributed by atoms with van der Waals surface area (Å²) in [6, 6.07) is 5.93. The van der Waals surface area contributed by atoms with Gasteiger partial charge in [-0.2, -0.15) is 0 Å². The average Bonchev–Trinajstić information content (AvgIpc) is 2.93. The summed E-state index contributed by atoms with van der Waals surface area (Å²) in [6.07, 6.45) is 0.914. The van der Waals surface area contributed by atoms with Crippen LogP contribution in [0.1, 0.15) is 17.5 Å². The molecule has 1 aliphatic rings. The molecule has 0 amide bonds. The van der Waals surface area contributed by atoms with Gasteiger partial charge in [0.25, 0.3) is 0 Å². The monoisotopic (exact) mass is 277 g/mol. The molecule has 0 saturated carbocycles. The van der Waals surface area contributed by atoms with Gasteiger partial charge >= 0.3 is 0 Å². The lowest BCUT2D eigenvalue weighted by Crippen LogP contribution is -2.17. The van der Waals surface area contributed by atoms with Crippen molar-refractivity contribution in [3.8, 4) is 11.5 Å². The Hall–Kier alpha value is -1.82. The molecule has 0 spiro atoms. The number of para-hydroxylation sites is 1. The van der Waals surface area contributed by atoms with Gasteiger partial charge in [-0.3, -0.25) is 0 Å². The molecule has 0 aliphatic carbocycles. The highest BCUT2D eigenvalue weighted by atomic mass is 32.1. The number of ether oxygens (including phenoxy) is 2. The summed E-state index contributed by atoms with van der Waals surface area (Å²) in [5, 5.41) is 13.3. The molecule has 6 heteroatoms. The highest BCUT2D eigenvalue weighted by Gasteiger charge is 2.15. The number of aromatic nitrogens is 2. The van der Waals surface area contributed by atoms with Crippen molar-refractivity contribution in [2.75, 3.05) is 18.5 Å². The predicted octanol–water partition coefficient (Wildman–Crippen LogP) is 2.48. The minimum absolute atomic E-state index is 0.600. The van der Waals surface area contributed by atoms with E-state index < -0.39 is 0 Å². The maximum Gasteiger partial charge on any atom is 0.205 e. The van der Waals surface area contributed by atoms with E-state index in [0.29, 0.717) is 19.8 Å². The van der Waals surface area contributed by atoms with E-state index in [0.717, 1.165) is 33.6 Å². The summed E-state index contributed by atoms with van der Waals surface area (Å²) in [7, 11) is 0. The molecule has 0 atom stereocenters. The van der Waals surface area contributed by atoms with E-state index in [-0.39, 0.29) is 0 Å². The van der Waals surface area contributed by atoms with Gasteiger partial charge in [-0.05, 0) is 12.5 Å². The van der Waals surface area contributed by atoms with Crippen molar-refractivity contribution in [1.29, 1.82) is 0 Å². The van der Waals surface area contributed by atoms with Gasteiger partial charge in [0.05, 0.1) is 0 Å². The Morgan fingerprint density at radius 3 is 3.00 bits per heavy atom. The maximum atomic E-state index is 5.67. The molecule has 1 N–H and O–H groups in total. The lowest BCUT2D eigenvalue weighted by atomic mass is 10.2. The van der Waals surface area contributed by atoms with Crippen LogP contribution in [-0.2, 0) is 13.0 Å². The van der Waals surface area contributed by atoms with Crippen molar-refractivity contribution in [3.05, 3.63) is 28.8 Å². The minimum atomic E-state index is 0.600. The zero-order valence-corrected chi connectivity index (χ0v) is 11.5. The average molecular weight is 277 g/mol. The van der Waals surface area contributed by atoms with Crippen LogP contribution in [-0.4, -0.2) is 23.4 Å². The van der Waals surface area contributed by atoms with Crippen molar-refractivity contribution in [2.24, 2.45) is 0 Å². The molecule has 1 aromatic heterocycles.